The van der Waals surface area contributed by atoms with E-state index in [1.54, 1.807) is 6.92 Å². The van der Waals surface area contributed by atoms with Crippen LogP contribution in [0.2, 0.25) is 0 Å². The van der Waals surface area contributed by atoms with E-state index in [9.17, 15) is 0 Å². The Bertz CT molecular complexity index is 187. The van der Waals surface area contributed by atoms with E-state index in [0.29, 0.717) is 0 Å². The maximum Gasteiger partial charge on any atom is 0.141 e. The zero-order valence-electron chi connectivity index (χ0n) is 6.66. The summed E-state index contributed by atoms with van der Waals surface area (Å²) in [4.78, 5) is 0. The fourth-order valence-electron chi connectivity index (χ4n) is 0.444. The van der Waals surface area contributed by atoms with Crippen LogP contribution in [0.4, 0.5) is 0 Å². The number of nitrogens with one attached hydrogen (secondary N) is 1. The van der Waals surface area contributed by atoms with Gasteiger partial charge in [0.2, 0.25) is 0 Å². The molecule has 1 unspecified atom stereocenters. The molecular formula is C7H12N2O2. The van der Waals surface area contributed by atoms with Gasteiger partial charge in [-0.2, -0.15) is 5.11 Å². The summed E-state index contributed by atoms with van der Waals surface area (Å²) in [6.07, 6.45) is 1.23. The van der Waals surface area contributed by atoms with Gasteiger partial charge in [0, 0.05) is 7.11 Å². The van der Waals surface area contributed by atoms with Gasteiger partial charge in [0.15, 0.2) is 0 Å². The molecule has 4 heteroatoms. The lowest BCUT2D eigenvalue weighted by atomic mass is 10.3. The van der Waals surface area contributed by atoms with Crippen LogP contribution in [-0.2, 0) is 4.74 Å². The number of nitrogens with zero attached hydrogens (tertiary/aromatic N) is 1. The first kappa shape index (κ1) is 9.84. The fraction of sp³-hybridized carbons (Fsp3) is 0.429. The number of rotatable bonds is 4. The minimum atomic E-state index is -0.200. The van der Waals surface area contributed by atoms with E-state index in [4.69, 9.17) is 15.4 Å². The van der Waals surface area contributed by atoms with Crippen LogP contribution in [0.1, 0.15) is 6.92 Å². The van der Waals surface area contributed by atoms with Gasteiger partial charge in [0.1, 0.15) is 11.5 Å². The van der Waals surface area contributed by atoms with Gasteiger partial charge < -0.3 is 9.84 Å². The van der Waals surface area contributed by atoms with Crippen molar-refractivity contribution in [2.24, 2.45) is 5.11 Å². The number of methoxy groups -OCH3 is 1. The lowest BCUT2D eigenvalue weighted by Crippen LogP contribution is -2.01. The summed E-state index contributed by atoms with van der Waals surface area (Å²) in [5, 5.41) is 12.0. The highest BCUT2D eigenvalue weighted by molar-refractivity contribution is 5.19. The molecule has 0 aliphatic heterocycles. The number of ether oxygens (including phenoxy) is 1. The van der Waals surface area contributed by atoms with Crippen LogP contribution in [-0.4, -0.2) is 18.3 Å². The van der Waals surface area contributed by atoms with E-state index in [0.717, 1.165) is 0 Å². The Balaban J connectivity index is 4.20. The van der Waals surface area contributed by atoms with Gasteiger partial charge in [0.05, 0.1) is 6.10 Å². The van der Waals surface area contributed by atoms with Crippen LogP contribution < -0.4 is 0 Å². The van der Waals surface area contributed by atoms with Crippen LogP contribution in [0.3, 0.4) is 0 Å². The molecule has 0 saturated heterocycles. The van der Waals surface area contributed by atoms with E-state index in [1.807, 2.05) is 0 Å². The fourth-order valence-corrected chi connectivity index (χ4v) is 0.444. The number of hydrogen-bond acceptors (Lipinski definition) is 4. The molecule has 2 N–H and O–H groups in total. The molecule has 0 heterocycles. The lowest BCUT2D eigenvalue weighted by molar-refractivity contribution is 0.153. The smallest absolute Gasteiger partial charge is 0.141 e. The topological polar surface area (TPSA) is 65.7 Å². The average molecular weight is 156 g/mol. The summed E-state index contributed by atoms with van der Waals surface area (Å²) in [5.74, 6) is -0.116. The standard InChI is InChI=1S/C7H12N2O2/c1-5(11-3)4-7(10)6(2)9-8/h4-5,8,10H,2H2,1,3H3/b7-4+,9-8?. The zero-order valence-corrected chi connectivity index (χ0v) is 6.66. The highest BCUT2D eigenvalue weighted by Crippen LogP contribution is 2.06. The Morgan fingerprint density at radius 2 is 2.36 bits per heavy atom. The summed E-state index contributed by atoms with van der Waals surface area (Å²) < 4.78 is 4.84. The summed E-state index contributed by atoms with van der Waals surface area (Å²) >= 11 is 0. The second-order valence-corrected chi connectivity index (χ2v) is 2.05. The van der Waals surface area contributed by atoms with Crippen molar-refractivity contribution in [2.45, 2.75) is 13.0 Å². The van der Waals surface area contributed by atoms with E-state index >= 15 is 0 Å². The number of hydrogen-bond donors (Lipinski definition) is 2. The van der Waals surface area contributed by atoms with Crippen LogP contribution in [0, 0.1) is 5.53 Å². The van der Waals surface area contributed by atoms with Crippen molar-refractivity contribution in [3.63, 3.8) is 0 Å². The largest absolute Gasteiger partial charge is 0.506 e. The van der Waals surface area contributed by atoms with Crippen molar-refractivity contribution in [3.05, 3.63) is 24.1 Å². The Labute approximate surface area is 65.7 Å². The molecule has 0 radical (unpaired) electrons. The van der Waals surface area contributed by atoms with Gasteiger partial charge in [0.25, 0.3) is 0 Å². The SMILES string of the molecule is C=C(N=N)/C(O)=C\C(C)OC. The molecule has 0 saturated carbocycles. The molecule has 4 nitrogen and oxygen atoms in total. The molecule has 0 aliphatic carbocycles. The van der Waals surface area contributed by atoms with Gasteiger partial charge in [-0.05, 0) is 13.0 Å². The first-order chi connectivity index (χ1) is 5.11. The van der Waals surface area contributed by atoms with Crippen molar-refractivity contribution in [1.29, 1.82) is 5.53 Å². The second kappa shape index (κ2) is 4.62. The first-order valence-corrected chi connectivity index (χ1v) is 3.12. The van der Waals surface area contributed by atoms with Gasteiger partial charge in [-0.25, -0.2) is 5.53 Å². The average Bonchev–Trinajstić information content (AvgIpc) is 2.02. The maximum absolute atomic E-state index is 9.09. The minimum absolute atomic E-state index is 0.0360. The monoisotopic (exact) mass is 156 g/mol. The Morgan fingerprint density at radius 1 is 1.82 bits per heavy atom. The zero-order chi connectivity index (χ0) is 8.85. The quantitative estimate of drug-likeness (QED) is 0.371. The van der Waals surface area contributed by atoms with Crippen LogP contribution in [0.5, 0.6) is 0 Å². The van der Waals surface area contributed by atoms with Crippen molar-refractivity contribution in [2.75, 3.05) is 7.11 Å². The third-order valence-electron chi connectivity index (χ3n) is 1.19. The molecule has 0 aromatic carbocycles. The molecule has 0 aliphatic rings. The van der Waals surface area contributed by atoms with Crippen molar-refractivity contribution >= 4 is 0 Å². The maximum atomic E-state index is 9.09. The van der Waals surface area contributed by atoms with Crippen molar-refractivity contribution in [1.82, 2.24) is 0 Å². The van der Waals surface area contributed by atoms with Gasteiger partial charge >= 0.3 is 0 Å². The number of aliphatic hydroxyl groups excluding tert-OH is 1. The molecular weight excluding hydrogens is 144 g/mol. The van der Waals surface area contributed by atoms with Crippen molar-refractivity contribution in [3.8, 4) is 0 Å². The molecule has 0 aromatic heterocycles. The van der Waals surface area contributed by atoms with Crippen LogP contribution >= 0.6 is 0 Å². The van der Waals surface area contributed by atoms with E-state index < -0.39 is 0 Å². The Morgan fingerprint density at radius 3 is 2.73 bits per heavy atom. The van der Waals surface area contributed by atoms with Gasteiger partial charge in [-0.3, -0.25) is 0 Å². The Kier molecular flexibility index (Phi) is 4.14. The summed E-state index contributed by atoms with van der Waals surface area (Å²) in [5.41, 5.74) is 6.56. The van der Waals surface area contributed by atoms with Crippen LogP contribution in [0.25, 0.3) is 0 Å². The first-order valence-electron chi connectivity index (χ1n) is 3.12. The second-order valence-electron chi connectivity index (χ2n) is 2.05. The van der Waals surface area contributed by atoms with E-state index in [1.165, 1.54) is 13.2 Å². The normalized spacial score (nSPS) is 14.2. The van der Waals surface area contributed by atoms with E-state index in [-0.39, 0.29) is 17.6 Å². The Hall–Kier alpha value is -1.16. The molecule has 11 heavy (non-hydrogen) atoms. The minimum Gasteiger partial charge on any atom is -0.506 e. The molecule has 0 aromatic rings. The third-order valence-corrected chi connectivity index (χ3v) is 1.19. The number of aliphatic hydroxyl groups is 1. The highest BCUT2D eigenvalue weighted by Gasteiger charge is 2.00. The third kappa shape index (κ3) is 3.52. The molecule has 0 spiro atoms. The van der Waals surface area contributed by atoms with E-state index in [2.05, 4.69) is 11.7 Å². The van der Waals surface area contributed by atoms with Gasteiger partial charge in [-0.1, -0.05) is 6.58 Å². The molecule has 0 bridgehead atoms. The molecule has 1 atom stereocenters. The van der Waals surface area contributed by atoms with Gasteiger partial charge in [-0.15, -0.1) is 0 Å². The predicted molar refractivity (Wildman–Crippen MR) is 41.5 cm³/mol. The summed E-state index contributed by atoms with van der Waals surface area (Å²) in [6, 6.07) is 0. The summed E-state index contributed by atoms with van der Waals surface area (Å²) in [7, 11) is 1.52. The summed E-state index contributed by atoms with van der Waals surface area (Å²) in [6.45, 7) is 5.09. The molecule has 0 amide bonds. The van der Waals surface area contributed by atoms with Crippen LogP contribution in [0.15, 0.2) is 29.2 Å². The predicted octanol–water partition coefficient (Wildman–Crippen LogP) is 2.01. The van der Waals surface area contributed by atoms with Crippen molar-refractivity contribution < 1.29 is 9.84 Å². The highest BCUT2D eigenvalue weighted by atomic mass is 16.5. The molecule has 62 valence electrons. The molecule has 0 rings (SSSR count). The molecule has 0 fully saturated rings. The lowest BCUT2D eigenvalue weighted by Gasteiger charge is -2.03.